The summed E-state index contributed by atoms with van der Waals surface area (Å²) in [6, 6.07) is 0. The predicted molar refractivity (Wildman–Crippen MR) is 102 cm³/mol. The molecular formula is C22H34OS. The summed E-state index contributed by atoms with van der Waals surface area (Å²) in [5.74, 6) is 3.76. The maximum absolute atomic E-state index is 9.66. The lowest BCUT2D eigenvalue weighted by Crippen LogP contribution is -2.40. The predicted octanol–water partition coefficient (Wildman–Crippen LogP) is 5.29. The van der Waals surface area contributed by atoms with Crippen LogP contribution in [-0.2, 0) is 0 Å². The van der Waals surface area contributed by atoms with Crippen molar-refractivity contribution in [1.29, 1.82) is 0 Å². The molecule has 7 atom stereocenters. The number of hydrogen-bond acceptors (Lipinski definition) is 2. The molecule has 4 fully saturated rings. The second kappa shape index (κ2) is 4.85. The molecule has 5 aliphatic carbocycles. The van der Waals surface area contributed by atoms with Gasteiger partial charge < -0.3 is 5.11 Å². The first-order valence-electron chi connectivity index (χ1n) is 10.3. The van der Waals surface area contributed by atoms with Gasteiger partial charge in [0.15, 0.2) is 0 Å². The molecule has 0 bridgehead atoms. The Morgan fingerprint density at radius 2 is 2.04 bits per heavy atom. The summed E-state index contributed by atoms with van der Waals surface area (Å²) >= 11 is 2.15. The van der Waals surface area contributed by atoms with Crippen LogP contribution in [0.2, 0.25) is 0 Å². The zero-order valence-electron chi connectivity index (χ0n) is 15.9. The lowest BCUT2D eigenvalue weighted by molar-refractivity contribution is 0.135. The molecule has 0 aromatic rings. The van der Waals surface area contributed by atoms with E-state index in [0.29, 0.717) is 22.9 Å². The highest BCUT2D eigenvalue weighted by molar-refractivity contribution is 7.99. The third-order valence-electron chi connectivity index (χ3n) is 9.04. The van der Waals surface area contributed by atoms with Crippen molar-refractivity contribution < 1.29 is 5.11 Å². The number of fused-ring (bicyclic) bond motifs is 2. The molecule has 0 aromatic carbocycles. The van der Waals surface area contributed by atoms with Crippen LogP contribution in [0.3, 0.4) is 0 Å². The van der Waals surface area contributed by atoms with Gasteiger partial charge in [0.25, 0.3) is 0 Å². The van der Waals surface area contributed by atoms with Gasteiger partial charge in [-0.2, -0.15) is 11.8 Å². The smallest absolute Gasteiger partial charge is 0.0647 e. The van der Waals surface area contributed by atoms with Crippen LogP contribution in [0.5, 0.6) is 0 Å². The van der Waals surface area contributed by atoms with Gasteiger partial charge in [0.05, 0.1) is 6.61 Å². The lowest BCUT2D eigenvalue weighted by Gasteiger charge is -2.46. The molecule has 1 spiro atoms. The van der Waals surface area contributed by atoms with Gasteiger partial charge in [-0.05, 0) is 73.0 Å². The Morgan fingerprint density at radius 3 is 2.67 bits per heavy atom. The fourth-order valence-electron chi connectivity index (χ4n) is 7.84. The molecule has 0 aromatic heterocycles. The van der Waals surface area contributed by atoms with E-state index in [0.717, 1.165) is 28.9 Å². The van der Waals surface area contributed by atoms with Crippen molar-refractivity contribution in [3.63, 3.8) is 0 Å². The van der Waals surface area contributed by atoms with Crippen molar-refractivity contribution in [3.05, 3.63) is 11.1 Å². The fraction of sp³-hybridized carbons (Fsp3) is 0.909. The van der Waals surface area contributed by atoms with Crippen LogP contribution in [0.25, 0.3) is 0 Å². The summed E-state index contributed by atoms with van der Waals surface area (Å²) in [7, 11) is 0. The minimum Gasteiger partial charge on any atom is -0.392 e. The molecule has 2 heteroatoms. The van der Waals surface area contributed by atoms with E-state index in [1.54, 1.807) is 5.57 Å². The number of allylic oxidation sites excluding steroid dienone is 1. The molecule has 1 nitrogen and oxygen atoms in total. The van der Waals surface area contributed by atoms with Gasteiger partial charge in [-0.25, -0.2) is 0 Å². The van der Waals surface area contributed by atoms with E-state index in [2.05, 4.69) is 38.8 Å². The Labute approximate surface area is 152 Å². The van der Waals surface area contributed by atoms with E-state index in [1.165, 1.54) is 50.5 Å². The quantitative estimate of drug-likeness (QED) is 0.660. The largest absolute Gasteiger partial charge is 0.392 e. The van der Waals surface area contributed by atoms with Crippen LogP contribution in [0.15, 0.2) is 11.1 Å². The standard InChI is InChI=1S/C22H34OS/c1-20(2,3)14-7-5-6-13(10-14)8-9-18(24-4)22-17-11-16-15(12-23)19(22)21(16,17)22/h13-14,16-18,23H,5-12H2,1-4H3. The van der Waals surface area contributed by atoms with Crippen molar-refractivity contribution in [3.8, 4) is 0 Å². The molecule has 0 aliphatic heterocycles. The van der Waals surface area contributed by atoms with Gasteiger partial charge >= 0.3 is 0 Å². The monoisotopic (exact) mass is 346 g/mol. The van der Waals surface area contributed by atoms with Crippen molar-refractivity contribution >= 4 is 11.8 Å². The Balaban J connectivity index is 1.23. The third-order valence-corrected chi connectivity index (χ3v) is 10.2. The molecular weight excluding hydrogens is 312 g/mol. The summed E-state index contributed by atoms with van der Waals surface area (Å²) in [6.07, 6.45) is 12.5. The van der Waals surface area contributed by atoms with Crippen LogP contribution in [0.1, 0.15) is 65.7 Å². The zero-order chi connectivity index (χ0) is 16.9. The van der Waals surface area contributed by atoms with Gasteiger partial charge in [-0.1, -0.05) is 39.2 Å². The third kappa shape index (κ3) is 1.60. The Hall–Kier alpha value is 0.0500. The first kappa shape index (κ1) is 16.2. The molecule has 1 N–H and O–H groups in total. The maximum Gasteiger partial charge on any atom is 0.0647 e. The van der Waals surface area contributed by atoms with E-state index < -0.39 is 0 Å². The summed E-state index contributed by atoms with van der Waals surface area (Å²) in [6.45, 7) is 7.67. The molecule has 24 heavy (non-hydrogen) atoms. The van der Waals surface area contributed by atoms with Gasteiger partial charge in [0, 0.05) is 16.1 Å². The van der Waals surface area contributed by atoms with E-state index >= 15 is 0 Å². The van der Waals surface area contributed by atoms with Crippen LogP contribution in [0, 0.1) is 39.9 Å². The second-order valence-corrected chi connectivity index (χ2v) is 11.6. The highest BCUT2D eigenvalue weighted by Crippen LogP contribution is 3.11. The minimum atomic E-state index is 0.354. The molecule has 5 rings (SSSR count). The molecule has 0 radical (unpaired) electrons. The molecule has 0 saturated heterocycles. The lowest BCUT2D eigenvalue weighted by atomic mass is 9.58. The average molecular weight is 347 g/mol. The van der Waals surface area contributed by atoms with Gasteiger partial charge in [-0.15, -0.1) is 0 Å². The normalized spacial score (nSPS) is 48.9. The van der Waals surface area contributed by atoms with Gasteiger partial charge in [0.2, 0.25) is 0 Å². The number of aliphatic hydroxyl groups is 1. The van der Waals surface area contributed by atoms with E-state index in [1.807, 2.05) is 0 Å². The van der Waals surface area contributed by atoms with Crippen LogP contribution in [0.4, 0.5) is 0 Å². The summed E-state index contributed by atoms with van der Waals surface area (Å²) < 4.78 is 0. The number of rotatable bonds is 6. The van der Waals surface area contributed by atoms with Gasteiger partial charge in [0.1, 0.15) is 0 Å². The van der Waals surface area contributed by atoms with Crippen LogP contribution in [-0.4, -0.2) is 23.2 Å². The second-order valence-electron chi connectivity index (χ2n) is 10.5. The fourth-order valence-corrected chi connectivity index (χ4v) is 9.06. The minimum absolute atomic E-state index is 0.354. The molecule has 0 heterocycles. The number of aliphatic hydroxyl groups excluding tert-OH is 1. The molecule has 134 valence electrons. The zero-order valence-corrected chi connectivity index (χ0v) is 16.7. The van der Waals surface area contributed by atoms with Crippen LogP contribution < -0.4 is 0 Å². The first-order valence-corrected chi connectivity index (χ1v) is 11.6. The van der Waals surface area contributed by atoms with E-state index in [4.69, 9.17) is 0 Å². The van der Waals surface area contributed by atoms with Crippen LogP contribution >= 0.6 is 11.8 Å². The average Bonchev–Trinajstić information content (AvgIpc) is 3.34. The van der Waals surface area contributed by atoms with Gasteiger partial charge in [-0.3, -0.25) is 0 Å². The first-order chi connectivity index (χ1) is 11.4. The summed E-state index contributed by atoms with van der Waals surface area (Å²) in [5.41, 5.74) is 5.01. The number of hydrogen-bond donors (Lipinski definition) is 1. The Kier molecular flexibility index (Phi) is 3.28. The topological polar surface area (TPSA) is 20.2 Å². The van der Waals surface area contributed by atoms with Crippen molar-refractivity contribution in [2.45, 2.75) is 71.0 Å². The highest BCUT2D eigenvalue weighted by Gasteiger charge is 3.07. The number of thioether (sulfide) groups is 1. The Morgan fingerprint density at radius 1 is 1.25 bits per heavy atom. The van der Waals surface area contributed by atoms with Crippen molar-refractivity contribution in [1.82, 2.24) is 0 Å². The van der Waals surface area contributed by atoms with Crippen molar-refractivity contribution in [2.75, 3.05) is 12.9 Å². The molecule has 0 amide bonds. The summed E-state index contributed by atoms with van der Waals surface area (Å²) in [5, 5.41) is 10.5. The Bertz CT molecular complexity index is 602. The van der Waals surface area contributed by atoms with E-state index in [9.17, 15) is 5.11 Å². The molecule has 7 unspecified atom stereocenters. The maximum atomic E-state index is 9.66. The molecule has 4 saturated carbocycles. The summed E-state index contributed by atoms with van der Waals surface area (Å²) in [4.78, 5) is 0. The highest BCUT2D eigenvalue weighted by atomic mass is 32.2. The molecule has 5 aliphatic rings. The van der Waals surface area contributed by atoms with E-state index in [-0.39, 0.29) is 0 Å². The SMILES string of the molecule is CSC(CCC1CCCC(C(C)(C)C)C1)C12C3=C(CO)C4CC1C342. The van der Waals surface area contributed by atoms with Crippen molar-refractivity contribution in [2.24, 2.45) is 39.9 Å².